The number of anilines is 1. The van der Waals surface area contributed by atoms with Crippen molar-refractivity contribution < 1.29 is 0 Å². The van der Waals surface area contributed by atoms with Crippen LogP contribution in [0.2, 0.25) is 5.02 Å². The molecule has 0 radical (unpaired) electrons. The lowest BCUT2D eigenvalue weighted by atomic mass is 10.2. The fourth-order valence-electron chi connectivity index (χ4n) is 1.33. The van der Waals surface area contributed by atoms with E-state index in [0.29, 0.717) is 5.02 Å². The Morgan fingerprint density at radius 3 is 2.80 bits per heavy atom. The molecule has 0 amide bonds. The second kappa shape index (κ2) is 7.02. The molecule has 0 unspecified atom stereocenters. The number of hydrogen-bond donors (Lipinski definition) is 1. The summed E-state index contributed by atoms with van der Waals surface area (Å²) in [5, 5.41) is 0.715. The van der Waals surface area contributed by atoms with E-state index in [-0.39, 0.29) is 0 Å². The van der Waals surface area contributed by atoms with Crippen molar-refractivity contribution in [3.63, 3.8) is 0 Å². The Balaban J connectivity index is 2.31. The number of nitrogens with two attached hydrogens (primary N) is 1. The van der Waals surface area contributed by atoms with Crippen LogP contribution >= 0.6 is 23.4 Å². The van der Waals surface area contributed by atoms with Gasteiger partial charge in [-0.1, -0.05) is 37.4 Å². The molecule has 1 aromatic carbocycles. The first kappa shape index (κ1) is 12.7. The van der Waals surface area contributed by atoms with E-state index in [0.717, 1.165) is 11.4 Å². The van der Waals surface area contributed by atoms with E-state index >= 15 is 0 Å². The van der Waals surface area contributed by atoms with Crippen molar-refractivity contribution in [3.05, 3.63) is 28.8 Å². The van der Waals surface area contributed by atoms with E-state index < -0.39 is 0 Å². The molecule has 15 heavy (non-hydrogen) atoms. The molecule has 0 atom stereocenters. The minimum Gasteiger partial charge on any atom is -0.398 e. The van der Waals surface area contributed by atoms with Crippen LogP contribution in [-0.2, 0) is 5.75 Å². The third-order valence-electron chi connectivity index (χ3n) is 2.26. The largest absolute Gasteiger partial charge is 0.398 e. The number of hydrogen-bond acceptors (Lipinski definition) is 2. The van der Waals surface area contributed by atoms with Crippen LogP contribution in [0.3, 0.4) is 0 Å². The van der Waals surface area contributed by atoms with Crippen molar-refractivity contribution in [3.8, 4) is 0 Å². The van der Waals surface area contributed by atoms with Gasteiger partial charge >= 0.3 is 0 Å². The summed E-state index contributed by atoms with van der Waals surface area (Å²) < 4.78 is 0. The maximum Gasteiger partial charge on any atom is 0.0426 e. The van der Waals surface area contributed by atoms with Gasteiger partial charge < -0.3 is 5.73 Å². The zero-order valence-corrected chi connectivity index (χ0v) is 10.7. The molecular weight excluding hydrogens is 226 g/mol. The van der Waals surface area contributed by atoms with Gasteiger partial charge in [-0.3, -0.25) is 0 Å². The van der Waals surface area contributed by atoms with Crippen molar-refractivity contribution in [2.45, 2.75) is 31.9 Å². The van der Waals surface area contributed by atoms with Crippen LogP contribution < -0.4 is 5.73 Å². The quantitative estimate of drug-likeness (QED) is 0.594. The Morgan fingerprint density at radius 1 is 1.33 bits per heavy atom. The number of unbranched alkanes of at least 4 members (excludes halogenated alkanes) is 2. The third kappa shape index (κ3) is 4.80. The standard InChI is InChI=1S/C12H18ClNS/c1-2-3-4-7-15-9-10-5-6-11(13)8-12(10)14/h5-6,8H,2-4,7,9,14H2,1H3. The fourth-order valence-corrected chi connectivity index (χ4v) is 2.55. The summed E-state index contributed by atoms with van der Waals surface area (Å²) in [4.78, 5) is 0. The van der Waals surface area contributed by atoms with E-state index in [2.05, 4.69) is 6.92 Å². The lowest BCUT2D eigenvalue weighted by Crippen LogP contribution is -1.93. The van der Waals surface area contributed by atoms with Gasteiger partial charge in [0.1, 0.15) is 0 Å². The van der Waals surface area contributed by atoms with Gasteiger partial charge in [0.05, 0.1) is 0 Å². The Kier molecular flexibility index (Phi) is 5.96. The molecule has 0 saturated carbocycles. The summed E-state index contributed by atoms with van der Waals surface area (Å²) >= 11 is 7.78. The summed E-state index contributed by atoms with van der Waals surface area (Å²) in [6, 6.07) is 5.74. The molecular formula is C12H18ClNS. The van der Waals surface area contributed by atoms with E-state index in [9.17, 15) is 0 Å². The minimum absolute atomic E-state index is 0.715. The van der Waals surface area contributed by atoms with Crippen LogP contribution in [0.5, 0.6) is 0 Å². The van der Waals surface area contributed by atoms with E-state index in [1.165, 1.54) is 30.6 Å². The highest BCUT2D eigenvalue weighted by atomic mass is 35.5. The molecule has 0 fully saturated rings. The maximum atomic E-state index is 5.86. The predicted molar refractivity (Wildman–Crippen MR) is 71.6 cm³/mol. The predicted octanol–water partition coefficient (Wildman–Crippen LogP) is 4.35. The third-order valence-corrected chi connectivity index (χ3v) is 3.59. The Labute approximate surface area is 101 Å². The van der Waals surface area contributed by atoms with E-state index in [1.54, 1.807) is 0 Å². The average Bonchev–Trinajstić information content (AvgIpc) is 2.20. The average molecular weight is 244 g/mol. The van der Waals surface area contributed by atoms with E-state index in [1.807, 2.05) is 30.0 Å². The normalized spacial score (nSPS) is 10.5. The van der Waals surface area contributed by atoms with Gasteiger partial charge in [0.2, 0.25) is 0 Å². The van der Waals surface area contributed by atoms with Gasteiger partial charge in [-0.25, -0.2) is 0 Å². The molecule has 1 rings (SSSR count). The lowest BCUT2D eigenvalue weighted by Gasteiger charge is -2.05. The van der Waals surface area contributed by atoms with Gasteiger partial charge in [0.15, 0.2) is 0 Å². The zero-order chi connectivity index (χ0) is 11.1. The molecule has 3 heteroatoms. The first-order valence-electron chi connectivity index (χ1n) is 5.35. The molecule has 0 heterocycles. The minimum atomic E-state index is 0.715. The Hall–Kier alpha value is -0.340. The first-order valence-corrected chi connectivity index (χ1v) is 6.89. The molecule has 0 aliphatic rings. The molecule has 0 aliphatic carbocycles. The van der Waals surface area contributed by atoms with Crippen LogP contribution in [0, 0.1) is 0 Å². The maximum absolute atomic E-state index is 5.86. The summed E-state index contributed by atoms with van der Waals surface area (Å²) in [5.74, 6) is 2.21. The number of rotatable bonds is 6. The summed E-state index contributed by atoms with van der Waals surface area (Å²) in [7, 11) is 0. The molecule has 1 nitrogen and oxygen atoms in total. The zero-order valence-electron chi connectivity index (χ0n) is 9.13. The molecule has 0 saturated heterocycles. The van der Waals surface area contributed by atoms with Gasteiger partial charge in [-0.05, 0) is 29.9 Å². The van der Waals surface area contributed by atoms with Crippen molar-refractivity contribution in [1.29, 1.82) is 0 Å². The van der Waals surface area contributed by atoms with Crippen molar-refractivity contribution in [2.75, 3.05) is 11.5 Å². The number of thioether (sulfide) groups is 1. The highest BCUT2D eigenvalue weighted by Gasteiger charge is 1.99. The van der Waals surface area contributed by atoms with Crippen molar-refractivity contribution in [2.24, 2.45) is 0 Å². The van der Waals surface area contributed by atoms with Crippen LogP contribution in [0.25, 0.3) is 0 Å². The van der Waals surface area contributed by atoms with Gasteiger partial charge in [-0.2, -0.15) is 11.8 Å². The van der Waals surface area contributed by atoms with Crippen molar-refractivity contribution in [1.82, 2.24) is 0 Å². The summed E-state index contributed by atoms with van der Waals surface area (Å²) in [6.45, 7) is 2.22. The monoisotopic (exact) mass is 243 g/mol. The van der Waals surface area contributed by atoms with Gasteiger partial charge in [-0.15, -0.1) is 0 Å². The first-order chi connectivity index (χ1) is 7.24. The molecule has 0 aliphatic heterocycles. The summed E-state index contributed by atoms with van der Waals surface area (Å²) in [5.41, 5.74) is 7.87. The Bertz CT molecular complexity index is 302. The summed E-state index contributed by atoms with van der Waals surface area (Å²) in [6.07, 6.45) is 3.90. The van der Waals surface area contributed by atoms with Crippen LogP contribution in [0.15, 0.2) is 18.2 Å². The number of halogens is 1. The lowest BCUT2D eigenvalue weighted by molar-refractivity contribution is 0.778. The van der Waals surface area contributed by atoms with Crippen LogP contribution in [0.1, 0.15) is 31.7 Å². The van der Waals surface area contributed by atoms with Gasteiger partial charge in [0.25, 0.3) is 0 Å². The molecule has 0 aromatic heterocycles. The molecule has 0 bridgehead atoms. The molecule has 84 valence electrons. The van der Waals surface area contributed by atoms with Crippen LogP contribution in [0.4, 0.5) is 5.69 Å². The van der Waals surface area contributed by atoms with E-state index in [4.69, 9.17) is 17.3 Å². The highest BCUT2D eigenvalue weighted by Crippen LogP contribution is 2.22. The highest BCUT2D eigenvalue weighted by molar-refractivity contribution is 7.98. The smallest absolute Gasteiger partial charge is 0.0426 e. The molecule has 2 N–H and O–H groups in total. The second-order valence-electron chi connectivity index (χ2n) is 3.60. The second-order valence-corrected chi connectivity index (χ2v) is 5.14. The van der Waals surface area contributed by atoms with Gasteiger partial charge in [0, 0.05) is 16.5 Å². The Morgan fingerprint density at radius 2 is 2.13 bits per heavy atom. The number of benzene rings is 1. The molecule has 1 aromatic rings. The fraction of sp³-hybridized carbons (Fsp3) is 0.500. The SMILES string of the molecule is CCCCCSCc1ccc(Cl)cc1N. The molecule has 0 spiro atoms. The topological polar surface area (TPSA) is 26.0 Å². The number of nitrogen functional groups attached to an aromatic ring is 1. The van der Waals surface area contributed by atoms with Crippen molar-refractivity contribution >= 4 is 29.1 Å². The van der Waals surface area contributed by atoms with Crippen LogP contribution in [-0.4, -0.2) is 5.75 Å².